The van der Waals surface area contributed by atoms with E-state index < -0.39 is 27.6 Å². The number of carbonyl (C=O) groups is 1. The maximum absolute atomic E-state index is 12.8. The van der Waals surface area contributed by atoms with Gasteiger partial charge < -0.3 is 8.92 Å². The van der Waals surface area contributed by atoms with Gasteiger partial charge in [0.05, 0.1) is 11.0 Å². The van der Waals surface area contributed by atoms with Gasteiger partial charge in [-0.25, -0.2) is 4.79 Å². The van der Waals surface area contributed by atoms with Gasteiger partial charge in [-0.1, -0.05) is 48.0 Å². The zero-order valence-corrected chi connectivity index (χ0v) is 16.5. The second-order valence-corrected chi connectivity index (χ2v) is 8.77. The molecule has 0 unspecified atom stereocenters. The summed E-state index contributed by atoms with van der Waals surface area (Å²) in [6.07, 6.45) is -0.655. The third kappa shape index (κ3) is 3.62. The van der Waals surface area contributed by atoms with E-state index >= 15 is 0 Å². The lowest BCUT2D eigenvalue weighted by atomic mass is 9.77. The lowest BCUT2D eigenvalue weighted by molar-refractivity contribution is -0.154. The van der Waals surface area contributed by atoms with Crippen molar-refractivity contribution in [1.82, 2.24) is 0 Å². The maximum Gasteiger partial charge on any atom is 0.338 e. The van der Waals surface area contributed by atoms with Crippen LogP contribution in [0.15, 0.2) is 70.8 Å². The molecule has 5 nitrogen and oxygen atoms in total. The van der Waals surface area contributed by atoms with Crippen LogP contribution in [-0.2, 0) is 23.8 Å². The molecule has 1 heterocycles. The third-order valence-corrected chi connectivity index (χ3v) is 5.95. The summed E-state index contributed by atoms with van der Waals surface area (Å²) >= 11 is 0. The van der Waals surface area contributed by atoms with Gasteiger partial charge in [-0.3, -0.25) is 0 Å². The molecule has 0 aromatic heterocycles. The average Bonchev–Trinajstić information content (AvgIpc) is 2.63. The molecule has 142 valence electrons. The van der Waals surface area contributed by atoms with Gasteiger partial charge in [0.15, 0.2) is 0 Å². The summed E-state index contributed by atoms with van der Waals surface area (Å²) in [4.78, 5) is 12.4. The van der Waals surface area contributed by atoms with Crippen LogP contribution in [0.25, 0.3) is 0 Å². The normalized spacial score (nSPS) is 19.6. The Hall–Kier alpha value is -2.60. The van der Waals surface area contributed by atoms with Crippen molar-refractivity contribution in [1.29, 1.82) is 0 Å². The lowest BCUT2D eigenvalue weighted by Gasteiger charge is -2.39. The number of rotatable bonds is 4. The highest BCUT2D eigenvalue weighted by Crippen LogP contribution is 2.48. The molecule has 1 atom stereocenters. The number of hydrogen-bond donors (Lipinski definition) is 0. The molecule has 0 aliphatic carbocycles. The first-order valence-corrected chi connectivity index (χ1v) is 10.0. The van der Waals surface area contributed by atoms with Gasteiger partial charge in [-0.15, -0.1) is 0 Å². The largest absolute Gasteiger partial charge is 0.453 e. The first-order valence-electron chi connectivity index (χ1n) is 8.61. The van der Waals surface area contributed by atoms with Crippen LogP contribution in [0.1, 0.15) is 38.0 Å². The summed E-state index contributed by atoms with van der Waals surface area (Å²) in [7, 11) is -4.08. The fourth-order valence-electron chi connectivity index (χ4n) is 3.18. The van der Waals surface area contributed by atoms with Crippen LogP contribution in [0.3, 0.4) is 0 Å². The van der Waals surface area contributed by atoms with Crippen LogP contribution >= 0.6 is 0 Å². The van der Waals surface area contributed by atoms with Gasteiger partial charge in [0.2, 0.25) is 0 Å². The molecule has 0 amide bonds. The van der Waals surface area contributed by atoms with E-state index in [1.165, 1.54) is 19.1 Å². The van der Waals surface area contributed by atoms with Gasteiger partial charge >= 0.3 is 16.1 Å². The van der Waals surface area contributed by atoms with E-state index in [1.54, 1.807) is 26.0 Å². The molecule has 1 aliphatic heterocycles. The van der Waals surface area contributed by atoms with Crippen LogP contribution < -0.4 is 0 Å². The molecular weight excluding hydrogens is 364 g/mol. The molecule has 0 fully saturated rings. The lowest BCUT2D eigenvalue weighted by Crippen LogP contribution is -2.37. The molecule has 0 radical (unpaired) electrons. The van der Waals surface area contributed by atoms with E-state index in [9.17, 15) is 13.2 Å². The van der Waals surface area contributed by atoms with E-state index in [2.05, 4.69) is 0 Å². The highest BCUT2D eigenvalue weighted by molar-refractivity contribution is 7.86. The van der Waals surface area contributed by atoms with Gasteiger partial charge in [0, 0.05) is 0 Å². The average molecular weight is 386 g/mol. The molecule has 2 aromatic carbocycles. The van der Waals surface area contributed by atoms with Crippen molar-refractivity contribution < 1.29 is 22.1 Å². The Morgan fingerprint density at radius 2 is 1.56 bits per heavy atom. The maximum atomic E-state index is 12.8. The van der Waals surface area contributed by atoms with Crippen molar-refractivity contribution >= 4 is 16.1 Å². The summed E-state index contributed by atoms with van der Waals surface area (Å²) in [5.74, 6) is -0.481. The van der Waals surface area contributed by atoms with Gasteiger partial charge in [0.1, 0.15) is 16.8 Å². The number of benzene rings is 2. The van der Waals surface area contributed by atoms with Crippen LogP contribution in [0.2, 0.25) is 0 Å². The molecule has 6 heteroatoms. The molecule has 0 spiro atoms. The van der Waals surface area contributed by atoms with E-state index in [0.717, 1.165) is 11.1 Å². The predicted octanol–water partition coefficient (Wildman–Crippen LogP) is 4.30. The number of aryl methyl sites for hydroxylation is 1. The number of hydrogen-bond acceptors (Lipinski definition) is 5. The zero-order valence-electron chi connectivity index (χ0n) is 15.7. The third-order valence-electron chi connectivity index (χ3n) is 4.72. The quantitative estimate of drug-likeness (QED) is 0.579. The Morgan fingerprint density at radius 3 is 2.15 bits per heavy atom. The zero-order chi connectivity index (χ0) is 19.8. The monoisotopic (exact) mass is 386 g/mol. The number of cyclic esters (lactones) is 1. The van der Waals surface area contributed by atoms with Crippen LogP contribution in [0.5, 0.6) is 0 Å². The predicted molar refractivity (Wildman–Crippen MR) is 101 cm³/mol. The molecule has 27 heavy (non-hydrogen) atoms. The smallest absolute Gasteiger partial charge is 0.338 e. The molecular formula is C21H22O5S. The second-order valence-electron chi connectivity index (χ2n) is 7.22. The molecule has 1 aliphatic rings. The Morgan fingerprint density at radius 1 is 0.963 bits per heavy atom. The van der Waals surface area contributed by atoms with Gasteiger partial charge in [-0.2, -0.15) is 8.42 Å². The topological polar surface area (TPSA) is 69.7 Å². The minimum atomic E-state index is -4.08. The first kappa shape index (κ1) is 19.2. The van der Waals surface area contributed by atoms with Gasteiger partial charge in [-0.05, 0) is 45.4 Å². The SMILES string of the molecule is CC1=C(OS(=O)(=O)c2ccc(C)cc2)C(C)(C)[C@H](c2ccccc2)OC1=O. The minimum absolute atomic E-state index is 0.0411. The molecule has 3 rings (SSSR count). The molecule has 0 bridgehead atoms. The van der Waals surface area contributed by atoms with E-state index in [1.807, 2.05) is 37.3 Å². The van der Waals surface area contributed by atoms with E-state index in [-0.39, 0.29) is 16.2 Å². The summed E-state index contributed by atoms with van der Waals surface area (Å²) in [6.45, 7) is 7.00. The van der Waals surface area contributed by atoms with E-state index in [0.29, 0.717) is 0 Å². The number of carbonyl (C=O) groups excluding carboxylic acids is 1. The molecule has 2 aromatic rings. The van der Waals surface area contributed by atoms with Gasteiger partial charge in [0.25, 0.3) is 0 Å². The Balaban J connectivity index is 2.03. The van der Waals surface area contributed by atoms with Crippen molar-refractivity contribution in [3.8, 4) is 0 Å². The highest BCUT2D eigenvalue weighted by atomic mass is 32.2. The minimum Gasteiger partial charge on any atom is -0.453 e. The Labute approximate surface area is 159 Å². The number of esters is 1. The fourth-order valence-corrected chi connectivity index (χ4v) is 4.31. The highest BCUT2D eigenvalue weighted by Gasteiger charge is 2.46. The Kier molecular flexibility index (Phi) is 4.86. The second kappa shape index (κ2) is 6.85. The van der Waals surface area contributed by atoms with Crippen molar-refractivity contribution in [3.63, 3.8) is 0 Å². The molecule has 0 N–H and O–H groups in total. The van der Waals surface area contributed by atoms with Crippen LogP contribution in [-0.4, -0.2) is 14.4 Å². The van der Waals surface area contributed by atoms with Crippen molar-refractivity contribution in [3.05, 3.63) is 77.1 Å². The van der Waals surface area contributed by atoms with Crippen molar-refractivity contribution in [2.45, 2.75) is 38.7 Å². The summed E-state index contributed by atoms with van der Waals surface area (Å²) < 4.78 is 36.7. The molecule has 0 saturated carbocycles. The van der Waals surface area contributed by atoms with Crippen LogP contribution in [0, 0.1) is 12.3 Å². The van der Waals surface area contributed by atoms with Crippen molar-refractivity contribution in [2.75, 3.05) is 0 Å². The van der Waals surface area contributed by atoms with Crippen LogP contribution in [0.4, 0.5) is 0 Å². The number of ether oxygens (including phenoxy) is 1. The summed E-state index contributed by atoms with van der Waals surface area (Å²) in [5, 5.41) is 0. The molecule has 0 saturated heterocycles. The van der Waals surface area contributed by atoms with E-state index in [4.69, 9.17) is 8.92 Å². The summed E-state index contributed by atoms with van der Waals surface area (Å²) in [6, 6.07) is 15.6. The standard InChI is InChI=1S/C21H22O5S/c1-14-10-12-17(13-11-14)27(23,24)26-18-15(2)20(22)25-19(21(18,3)4)16-8-6-5-7-9-16/h5-13,19H,1-4H3/t19-/m0/s1. The van der Waals surface area contributed by atoms with Crippen molar-refractivity contribution in [2.24, 2.45) is 5.41 Å². The first-order chi connectivity index (χ1) is 12.6. The Bertz CT molecular complexity index is 987. The fraction of sp³-hybridized carbons (Fsp3) is 0.286. The summed E-state index contributed by atoms with van der Waals surface area (Å²) in [5.41, 5.74) is 1.01.